The maximum atomic E-state index is 5.88. The van der Waals surface area contributed by atoms with Crippen molar-refractivity contribution in [1.82, 2.24) is 0 Å². The Bertz CT molecular complexity index is 424. The van der Waals surface area contributed by atoms with Crippen molar-refractivity contribution in [3.63, 3.8) is 0 Å². The molecule has 0 aliphatic carbocycles. The number of ether oxygens (including phenoxy) is 3. The van der Waals surface area contributed by atoms with Gasteiger partial charge in [-0.3, -0.25) is 0 Å². The topological polar surface area (TPSA) is 27.7 Å². The summed E-state index contributed by atoms with van der Waals surface area (Å²) in [4.78, 5) is 0. The Balaban J connectivity index is 2.13. The van der Waals surface area contributed by atoms with Crippen molar-refractivity contribution in [2.45, 2.75) is 12.6 Å². The fraction of sp³-hybridized carbons (Fsp3) is 0.250. The Morgan fingerprint density at radius 1 is 0.632 bits per heavy atom. The van der Waals surface area contributed by atoms with E-state index in [-0.39, 0.29) is 0 Å². The van der Waals surface area contributed by atoms with Crippen molar-refractivity contribution in [3.8, 4) is 0 Å². The first-order chi connectivity index (χ1) is 9.35. The summed E-state index contributed by atoms with van der Waals surface area (Å²) >= 11 is 0. The van der Waals surface area contributed by atoms with Crippen LogP contribution in [0.2, 0.25) is 0 Å². The third-order valence-electron chi connectivity index (χ3n) is 2.82. The minimum absolute atomic E-state index is 0.452. The Morgan fingerprint density at radius 2 is 1.00 bits per heavy atom. The maximum absolute atomic E-state index is 5.88. The molecule has 0 heterocycles. The fourth-order valence-electron chi connectivity index (χ4n) is 1.87. The summed E-state index contributed by atoms with van der Waals surface area (Å²) in [5.41, 5.74) is 1.92. The lowest BCUT2D eigenvalue weighted by atomic mass is 10.2. The molecule has 0 saturated heterocycles. The number of rotatable bonds is 6. The molecule has 2 rings (SSSR count). The number of hydrogen-bond acceptors (Lipinski definition) is 3. The third-order valence-corrected chi connectivity index (χ3v) is 2.82. The highest BCUT2D eigenvalue weighted by Crippen LogP contribution is 2.27. The van der Waals surface area contributed by atoms with E-state index in [2.05, 4.69) is 0 Å². The van der Waals surface area contributed by atoms with E-state index >= 15 is 0 Å². The van der Waals surface area contributed by atoms with E-state index in [0.717, 1.165) is 11.1 Å². The van der Waals surface area contributed by atoms with Crippen molar-refractivity contribution in [2.24, 2.45) is 0 Å². The molecule has 2 unspecified atom stereocenters. The van der Waals surface area contributed by atoms with E-state index in [4.69, 9.17) is 14.2 Å². The first-order valence-electron chi connectivity index (χ1n) is 6.16. The maximum Gasteiger partial charge on any atom is 0.186 e. The van der Waals surface area contributed by atoms with Crippen LogP contribution >= 0.6 is 0 Å². The molecule has 2 aromatic carbocycles. The molecule has 3 heteroatoms. The van der Waals surface area contributed by atoms with Gasteiger partial charge in [0.15, 0.2) is 12.6 Å². The minimum Gasteiger partial charge on any atom is -0.352 e. The Morgan fingerprint density at radius 3 is 1.32 bits per heavy atom. The summed E-state index contributed by atoms with van der Waals surface area (Å²) in [6, 6.07) is 19.6. The van der Waals surface area contributed by atoms with Crippen LogP contribution in [0, 0.1) is 0 Å². The fourth-order valence-corrected chi connectivity index (χ4v) is 1.87. The molecule has 2 atom stereocenters. The van der Waals surface area contributed by atoms with Gasteiger partial charge in [0.25, 0.3) is 0 Å². The molecule has 0 aromatic heterocycles. The van der Waals surface area contributed by atoms with Gasteiger partial charge in [0.1, 0.15) is 0 Å². The van der Waals surface area contributed by atoms with Crippen molar-refractivity contribution < 1.29 is 14.2 Å². The molecular weight excluding hydrogens is 240 g/mol. The van der Waals surface area contributed by atoms with Gasteiger partial charge in [0.2, 0.25) is 0 Å². The summed E-state index contributed by atoms with van der Waals surface area (Å²) in [6.45, 7) is 0. The molecule has 0 N–H and O–H groups in total. The molecule has 0 radical (unpaired) electrons. The predicted molar refractivity (Wildman–Crippen MR) is 73.5 cm³/mol. The predicted octanol–water partition coefficient (Wildman–Crippen LogP) is 3.69. The standard InChI is InChI=1S/C16H18O3/c1-17-15(13-9-5-3-6-10-13)19-16(18-2)14-11-7-4-8-12-14/h3-12,15-16H,1-2H3. The smallest absolute Gasteiger partial charge is 0.186 e. The molecule has 0 amide bonds. The molecular formula is C16H18O3. The molecule has 2 aromatic rings. The SMILES string of the molecule is COC(OC(OC)c1ccccc1)c1ccccc1. The van der Waals surface area contributed by atoms with E-state index in [0.29, 0.717) is 0 Å². The normalized spacial score (nSPS) is 14.0. The van der Waals surface area contributed by atoms with Crippen LogP contribution in [0.25, 0.3) is 0 Å². The van der Waals surface area contributed by atoms with E-state index in [1.54, 1.807) is 14.2 Å². The van der Waals surface area contributed by atoms with E-state index in [1.165, 1.54) is 0 Å². The van der Waals surface area contributed by atoms with Gasteiger partial charge in [0, 0.05) is 25.3 Å². The average molecular weight is 258 g/mol. The Kier molecular flexibility index (Phi) is 5.10. The van der Waals surface area contributed by atoms with Crippen LogP contribution < -0.4 is 0 Å². The molecule has 100 valence electrons. The van der Waals surface area contributed by atoms with Gasteiger partial charge in [-0.05, 0) is 0 Å². The zero-order chi connectivity index (χ0) is 13.5. The zero-order valence-electron chi connectivity index (χ0n) is 11.2. The zero-order valence-corrected chi connectivity index (χ0v) is 11.2. The van der Waals surface area contributed by atoms with Crippen molar-refractivity contribution in [1.29, 1.82) is 0 Å². The van der Waals surface area contributed by atoms with Gasteiger partial charge in [-0.2, -0.15) is 0 Å². The van der Waals surface area contributed by atoms with Crippen molar-refractivity contribution >= 4 is 0 Å². The molecule has 0 aliphatic rings. The molecule has 3 nitrogen and oxygen atoms in total. The lowest BCUT2D eigenvalue weighted by Gasteiger charge is -2.23. The number of hydrogen-bond donors (Lipinski definition) is 0. The minimum atomic E-state index is -0.452. The molecule has 0 spiro atoms. The highest BCUT2D eigenvalue weighted by molar-refractivity contribution is 5.18. The quantitative estimate of drug-likeness (QED) is 0.739. The van der Waals surface area contributed by atoms with E-state index in [1.807, 2.05) is 60.7 Å². The summed E-state index contributed by atoms with van der Waals surface area (Å²) < 4.78 is 16.7. The van der Waals surface area contributed by atoms with E-state index < -0.39 is 12.6 Å². The monoisotopic (exact) mass is 258 g/mol. The second kappa shape index (κ2) is 7.04. The van der Waals surface area contributed by atoms with E-state index in [9.17, 15) is 0 Å². The lowest BCUT2D eigenvalue weighted by molar-refractivity contribution is -0.237. The Hall–Kier alpha value is -1.68. The van der Waals surface area contributed by atoms with Crippen LogP contribution in [0.1, 0.15) is 23.7 Å². The van der Waals surface area contributed by atoms with Crippen molar-refractivity contribution in [2.75, 3.05) is 14.2 Å². The molecule has 0 aliphatic heterocycles. The van der Waals surface area contributed by atoms with Gasteiger partial charge in [-0.25, -0.2) is 0 Å². The largest absolute Gasteiger partial charge is 0.352 e. The van der Waals surface area contributed by atoms with Crippen LogP contribution in [0.5, 0.6) is 0 Å². The number of benzene rings is 2. The number of methoxy groups -OCH3 is 2. The summed E-state index contributed by atoms with van der Waals surface area (Å²) in [5, 5.41) is 0. The molecule has 19 heavy (non-hydrogen) atoms. The molecule has 0 saturated carbocycles. The van der Waals surface area contributed by atoms with Gasteiger partial charge in [-0.1, -0.05) is 60.7 Å². The van der Waals surface area contributed by atoms with Crippen LogP contribution in [0.4, 0.5) is 0 Å². The summed E-state index contributed by atoms with van der Waals surface area (Å²) in [6.07, 6.45) is -0.905. The summed E-state index contributed by atoms with van der Waals surface area (Å²) in [5.74, 6) is 0. The van der Waals surface area contributed by atoms with Gasteiger partial charge >= 0.3 is 0 Å². The molecule has 0 bridgehead atoms. The third kappa shape index (κ3) is 3.64. The first kappa shape index (κ1) is 13.7. The highest BCUT2D eigenvalue weighted by Gasteiger charge is 2.18. The Labute approximate surface area is 113 Å². The van der Waals surface area contributed by atoms with Crippen LogP contribution in [-0.2, 0) is 14.2 Å². The van der Waals surface area contributed by atoms with Crippen LogP contribution in [0.3, 0.4) is 0 Å². The van der Waals surface area contributed by atoms with Crippen LogP contribution in [0.15, 0.2) is 60.7 Å². The molecule has 0 fully saturated rings. The van der Waals surface area contributed by atoms with Crippen molar-refractivity contribution in [3.05, 3.63) is 71.8 Å². The van der Waals surface area contributed by atoms with Gasteiger partial charge in [0.05, 0.1) is 0 Å². The van der Waals surface area contributed by atoms with Gasteiger partial charge in [-0.15, -0.1) is 0 Å². The average Bonchev–Trinajstić information content (AvgIpc) is 2.50. The second-order valence-corrected chi connectivity index (χ2v) is 4.09. The van der Waals surface area contributed by atoms with Crippen LogP contribution in [-0.4, -0.2) is 14.2 Å². The summed E-state index contributed by atoms with van der Waals surface area (Å²) in [7, 11) is 3.24. The highest BCUT2D eigenvalue weighted by atomic mass is 16.8. The first-order valence-corrected chi connectivity index (χ1v) is 6.16. The second-order valence-electron chi connectivity index (χ2n) is 4.09. The lowest BCUT2D eigenvalue weighted by Crippen LogP contribution is -2.13. The van der Waals surface area contributed by atoms with Gasteiger partial charge < -0.3 is 14.2 Å².